The Bertz CT molecular complexity index is 1040. The first-order valence-electron chi connectivity index (χ1n) is 11.0. The summed E-state index contributed by atoms with van der Waals surface area (Å²) in [6, 6.07) is 13.2. The molecule has 7 nitrogen and oxygen atoms in total. The molecular formula is C25H29N3O4. The van der Waals surface area contributed by atoms with Gasteiger partial charge in [-0.25, -0.2) is 0 Å². The number of anilines is 2. The molecule has 0 spiro atoms. The van der Waals surface area contributed by atoms with Gasteiger partial charge in [0.05, 0.1) is 19.8 Å². The lowest BCUT2D eigenvalue weighted by molar-refractivity contribution is -0.136. The molecule has 0 bridgehead atoms. The van der Waals surface area contributed by atoms with E-state index in [1.165, 1.54) is 23.4 Å². The summed E-state index contributed by atoms with van der Waals surface area (Å²) in [7, 11) is 3.10. The highest BCUT2D eigenvalue weighted by atomic mass is 16.5. The van der Waals surface area contributed by atoms with Gasteiger partial charge in [-0.2, -0.15) is 0 Å². The molecule has 2 aliphatic heterocycles. The predicted octanol–water partition coefficient (Wildman–Crippen LogP) is 3.91. The van der Waals surface area contributed by atoms with Crippen LogP contribution in [0.25, 0.3) is 5.57 Å². The van der Waals surface area contributed by atoms with Gasteiger partial charge in [-0.1, -0.05) is 13.0 Å². The number of nitrogens with one attached hydrogen (secondary N) is 1. The summed E-state index contributed by atoms with van der Waals surface area (Å²) < 4.78 is 10.7. The number of amides is 2. The molecule has 7 heteroatoms. The van der Waals surface area contributed by atoms with E-state index in [0.717, 1.165) is 18.8 Å². The third-order valence-electron chi connectivity index (χ3n) is 5.90. The molecule has 0 aliphatic carbocycles. The van der Waals surface area contributed by atoms with Crippen LogP contribution in [0.1, 0.15) is 31.7 Å². The van der Waals surface area contributed by atoms with Gasteiger partial charge in [0.15, 0.2) is 11.5 Å². The maximum atomic E-state index is 13.2. The summed E-state index contributed by atoms with van der Waals surface area (Å²) in [6.45, 7) is 4.45. The molecule has 0 radical (unpaired) electrons. The third kappa shape index (κ3) is 4.02. The summed E-state index contributed by atoms with van der Waals surface area (Å²) in [5.41, 5.74) is 3.16. The Morgan fingerprint density at radius 3 is 2.22 bits per heavy atom. The van der Waals surface area contributed by atoms with E-state index in [9.17, 15) is 9.59 Å². The fourth-order valence-corrected chi connectivity index (χ4v) is 4.25. The molecule has 2 heterocycles. The van der Waals surface area contributed by atoms with E-state index in [2.05, 4.69) is 22.3 Å². The van der Waals surface area contributed by atoms with Gasteiger partial charge < -0.3 is 19.7 Å². The second-order valence-electron chi connectivity index (χ2n) is 7.95. The monoisotopic (exact) mass is 435 g/mol. The Morgan fingerprint density at radius 1 is 0.906 bits per heavy atom. The smallest absolute Gasteiger partial charge is 0.278 e. The van der Waals surface area contributed by atoms with Crippen LogP contribution in [0.5, 0.6) is 11.5 Å². The van der Waals surface area contributed by atoms with Gasteiger partial charge >= 0.3 is 0 Å². The fraction of sp³-hybridized carbons (Fsp3) is 0.360. The Hall–Kier alpha value is -3.48. The van der Waals surface area contributed by atoms with Crippen molar-refractivity contribution < 1.29 is 19.1 Å². The third-order valence-corrected chi connectivity index (χ3v) is 5.90. The highest BCUT2D eigenvalue weighted by Gasteiger charge is 2.39. The number of ether oxygens (including phenoxy) is 2. The van der Waals surface area contributed by atoms with Crippen molar-refractivity contribution in [3.63, 3.8) is 0 Å². The standard InChI is InChI=1S/C25H29N3O4/c1-4-13-28-24(29)22(17-7-12-20(31-2)21(16-17)32-3)23(25(28)30)26-18-8-10-19(11-9-18)27-14-5-6-15-27/h7-12,16,26H,4-6,13-15H2,1-3H3. The number of imide groups is 1. The van der Waals surface area contributed by atoms with Crippen LogP contribution in [0.4, 0.5) is 11.4 Å². The lowest BCUT2D eigenvalue weighted by atomic mass is 10.0. The Kier molecular flexibility index (Phi) is 6.35. The van der Waals surface area contributed by atoms with Gasteiger partial charge in [0.2, 0.25) is 0 Å². The van der Waals surface area contributed by atoms with E-state index in [-0.39, 0.29) is 17.5 Å². The summed E-state index contributed by atoms with van der Waals surface area (Å²) in [5, 5.41) is 3.22. The second kappa shape index (κ2) is 9.34. The van der Waals surface area contributed by atoms with Crippen molar-refractivity contribution in [1.29, 1.82) is 0 Å². The van der Waals surface area contributed by atoms with Crippen LogP contribution in [-0.2, 0) is 9.59 Å². The highest BCUT2D eigenvalue weighted by Crippen LogP contribution is 2.36. The van der Waals surface area contributed by atoms with Crippen molar-refractivity contribution in [2.45, 2.75) is 26.2 Å². The van der Waals surface area contributed by atoms with E-state index in [1.54, 1.807) is 32.4 Å². The van der Waals surface area contributed by atoms with Gasteiger partial charge in [0.1, 0.15) is 5.70 Å². The van der Waals surface area contributed by atoms with E-state index < -0.39 is 0 Å². The number of rotatable bonds is 8. The number of benzene rings is 2. The van der Waals surface area contributed by atoms with E-state index >= 15 is 0 Å². The molecule has 2 amide bonds. The molecule has 0 saturated carbocycles. The Labute approximate surface area is 188 Å². The Morgan fingerprint density at radius 2 is 1.59 bits per heavy atom. The number of carbonyl (C=O) groups excluding carboxylic acids is 2. The molecule has 1 N–H and O–H groups in total. The number of methoxy groups -OCH3 is 2. The summed E-state index contributed by atoms with van der Waals surface area (Å²) in [6.07, 6.45) is 3.12. The minimum Gasteiger partial charge on any atom is -0.493 e. The average Bonchev–Trinajstić information content (AvgIpc) is 3.43. The number of carbonyl (C=O) groups is 2. The molecule has 1 saturated heterocycles. The lowest BCUT2D eigenvalue weighted by Crippen LogP contribution is -2.33. The quantitative estimate of drug-likeness (QED) is 0.634. The van der Waals surface area contributed by atoms with Crippen molar-refractivity contribution in [3.8, 4) is 11.5 Å². The number of hydrogen-bond donors (Lipinski definition) is 1. The SMILES string of the molecule is CCCN1C(=O)C(Nc2ccc(N3CCCC3)cc2)=C(c2ccc(OC)c(OC)c2)C1=O. The first kappa shape index (κ1) is 21.7. The van der Waals surface area contributed by atoms with Crippen LogP contribution in [0.15, 0.2) is 48.2 Å². The van der Waals surface area contributed by atoms with Crippen LogP contribution in [-0.4, -0.2) is 50.6 Å². The summed E-state index contributed by atoms with van der Waals surface area (Å²) in [4.78, 5) is 30.0. The van der Waals surface area contributed by atoms with Gasteiger partial charge in [0.25, 0.3) is 11.8 Å². The van der Waals surface area contributed by atoms with Crippen molar-refractivity contribution in [2.75, 3.05) is 44.1 Å². The topological polar surface area (TPSA) is 71.1 Å². The zero-order valence-corrected chi connectivity index (χ0v) is 18.8. The average molecular weight is 436 g/mol. The predicted molar refractivity (Wildman–Crippen MR) is 125 cm³/mol. The molecular weight excluding hydrogens is 406 g/mol. The van der Waals surface area contributed by atoms with E-state index in [0.29, 0.717) is 35.6 Å². The van der Waals surface area contributed by atoms with Crippen LogP contribution >= 0.6 is 0 Å². The molecule has 0 atom stereocenters. The van der Waals surface area contributed by atoms with Gasteiger partial charge in [-0.3, -0.25) is 14.5 Å². The number of hydrogen-bond acceptors (Lipinski definition) is 6. The molecule has 1 fully saturated rings. The van der Waals surface area contributed by atoms with Crippen molar-refractivity contribution in [2.24, 2.45) is 0 Å². The van der Waals surface area contributed by atoms with Gasteiger partial charge in [-0.15, -0.1) is 0 Å². The van der Waals surface area contributed by atoms with Gasteiger partial charge in [0, 0.05) is 31.0 Å². The van der Waals surface area contributed by atoms with Crippen molar-refractivity contribution in [3.05, 3.63) is 53.7 Å². The van der Waals surface area contributed by atoms with Gasteiger partial charge in [-0.05, 0) is 61.2 Å². The molecule has 0 unspecified atom stereocenters. The Balaban J connectivity index is 1.70. The van der Waals surface area contributed by atoms with Crippen molar-refractivity contribution >= 4 is 28.8 Å². The number of nitrogens with zero attached hydrogens (tertiary/aromatic N) is 2. The summed E-state index contributed by atoms with van der Waals surface area (Å²) in [5.74, 6) is 0.442. The maximum Gasteiger partial charge on any atom is 0.278 e. The fourth-order valence-electron chi connectivity index (χ4n) is 4.25. The van der Waals surface area contributed by atoms with Crippen LogP contribution in [0, 0.1) is 0 Å². The van der Waals surface area contributed by atoms with E-state index in [1.807, 2.05) is 19.1 Å². The molecule has 2 aromatic carbocycles. The maximum absolute atomic E-state index is 13.2. The largest absolute Gasteiger partial charge is 0.493 e. The minimum atomic E-state index is -0.315. The first-order valence-corrected chi connectivity index (χ1v) is 11.0. The molecule has 4 rings (SSSR count). The molecule has 0 aromatic heterocycles. The van der Waals surface area contributed by atoms with Crippen LogP contribution < -0.4 is 19.7 Å². The highest BCUT2D eigenvalue weighted by molar-refractivity contribution is 6.36. The second-order valence-corrected chi connectivity index (χ2v) is 7.95. The minimum absolute atomic E-state index is 0.282. The van der Waals surface area contributed by atoms with E-state index in [4.69, 9.17) is 9.47 Å². The summed E-state index contributed by atoms with van der Waals surface area (Å²) >= 11 is 0. The zero-order chi connectivity index (χ0) is 22.7. The van der Waals surface area contributed by atoms with Crippen molar-refractivity contribution in [1.82, 2.24) is 4.90 Å². The molecule has 2 aromatic rings. The molecule has 168 valence electrons. The first-order chi connectivity index (χ1) is 15.6. The molecule has 2 aliphatic rings. The van der Waals surface area contributed by atoms with Crippen LogP contribution in [0.2, 0.25) is 0 Å². The normalized spacial score (nSPS) is 16.2. The lowest BCUT2D eigenvalue weighted by Gasteiger charge is -2.18. The molecule has 32 heavy (non-hydrogen) atoms. The zero-order valence-electron chi connectivity index (χ0n) is 18.8. The van der Waals surface area contributed by atoms with Crippen LogP contribution in [0.3, 0.4) is 0 Å².